The standard InChI is InChI=1S/C13H17NO4S/c1-8-7-10(11(19-8)13(16)17)18-9(2)12(15)14-5-3-4-6-14/h7,9H,3-6H2,1-2H3,(H,16,17). The van der Waals surface area contributed by atoms with Crippen LogP contribution in [-0.2, 0) is 4.79 Å². The van der Waals surface area contributed by atoms with Crippen LogP contribution < -0.4 is 4.74 Å². The molecular weight excluding hydrogens is 266 g/mol. The highest BCUT2D eigenvalue weighted by Gasteiger charge is 2.26. The van der Waals surface area contributed by atoms with Gasteiger partial charge in [-0.05, 0) is 32.8 Å². The molecule has 1 atom stereocenters. The Bertz CT molecular complexity index is 491. The van der Waals surface area contributed by atoms with E-state index in [1.54, 1.807) is 17.9 Å². The lowest BCUT2D eigenvalue weighted by Crippen LogP contribution is -2.38. The zero-order valence-electron chi connectivity index (χ0n) is 11.0. The number of carbonyl (C=O) groups is 2. The number of carbonyl (C=O) groups excluding carboxylic acids is 1. The van der Waals surface area contributed by atoms with Gasteiger partial charge in [0.25, 0.3) is 5.91 Å². The van der Waals surface area contributed by atoms with Crippen LogP contribution in [0.4, 0.5) is 0 Å². The van der Waals surface area contributed by atoms with Crippen LogP contribution in [0.3, 0.4) is 0 Å². The Hall–Kier alpha value is -1.56. The van der Waals surface area contributed by atoms with Crippen molar-refractivity contribution in [1.82, 2.24) is 4.90 Å². The van der Waals surface area contributed by atoms with Crippen LogP contribution in [-0.4, -0.2) is 41.1 Å². The van der Waals surface area contributed by atoms with Gasteiger partial charge in [-0.25, -0.2) is 4.79 Å². The Labute approximate surface area is 115 Å². The molecule has 1 saturated heterocycles. The third-order valence-electron chi connectivity index (χ3n) is 3.08. The molecule has 1 N–H and O–H groups in total. The van der Waals surface area contributed by atoms with Crippen molar-refractivity contribution in [3.63, 3.8) is 0 Å². The molecule has 1 amide bonds. The van der Waals surface area contributed by atoms with E-state index in [1.807, 2.05) is 6.92 Å². The smallest absolute Gasteiger partial charge is 0.349 e. The third kappa shape index (κ3) is 3.07. The van der Waals surface area contributed by atoms with Gasteiger partial charge in [0.1, 0.15) is 5.75 Å². The number of carboxylic acids is 1. The van der Waals surface area contributed by atoms with Gasteiger partial charge >= 0.3 is 5.97 Å². The maximum Gasteiger partial charge on any atom is 0.349 e. The summed E-state index contributed by atoms with van der Waals surface area (Å²) < 4.78 is 5.54. The number of hydrogen-bond acceptors (Lipinski definition) is 4. The van der Waals surface area contributed by atoms with E-state index in [2.05, 4.69) is 0 Å². The van der Waals surface area contributed by atoms with Gasteiger partial charge in [0, 0.05) is 18.0 Å². The van der Waals surface area contributed by atoms with Crippen LogP contribution in [0.15, 0.2) is 6.07 Å². The number of ether oxygens (including phenoxy) is 1. The van der Waals surface area contributed by atoms with Crippen LogP contribution in [0, 0.1) is 6.92 Å². The maximum absolute atomic E-state index is 12.1. The number of carboxylic acid groups (broad SMARTS) is 1. The van der Waals surface area contributed by atoms with Gasteiger partial charge in [-0.3, -0.25) is 4.79 Å². The zero-order valence-corrected chi connectivity index (χ0v) is 11.8. The first-order chi connectivity index (χ1) is 8.99. The Morgan fingerprint density at radius 3 is 2.63 bits per heavy atom. The summed E-state index contributed by atoms with van der Waals surface area (Å²) in [7, 11) is 0. The molecule has 1 aliphatic rings. The van der Waals surface area contributed by atoms with E-state index in [-0.39, 0.29) is 16.5 Å². The molecule has 2 heterocycles. The molecule has 19 heavy (non-hydrogen) atoms. The molecule has 0 bridgehead atoms. The predicted octanol–water partition coefficient (Wildman–Crippen LogP) is 2.14. The lowest BCUT2D eigenvalue weighted by atomic mass is 10.3. The Balaban J connectivity index is 2.07. The first-order valence-electron chi connectivity index (χ1n) is 6.28. The highest BCUT2D eigenvalue weighted by Crippen LogP contribution is 2.30. The molecule has 1 fully saturated rings. The van der Waals surface area contributed by atoms with Gasteiger partial charge in [0.05, 0.1) is 0 Å². The van der Waals surface area contributed by atoms with E-state index in [9.17, 15) is 9.59 Å². The van der Waals surface area contributed by atoms with E-state index in [4.69, 9.17) is 9.84 Å². The molecule has 1 aromatic heterocycles. The number of aryl methyl sites for hydroxylation is 1. The predicted molar refractivity (Wildman–Crippen MR) is 71.9 cm³/mol. The van der Waals surface area contributed by atoms with Gasteiger partial charge < -0.3 is 14.7 Å². The minimum Gasteiger partial charge on any atom is -0.479 e. The molecule has 6 heteroatoms. The summed E-state index contributed by atoms with van der Waals surface area (Å²) in [4.78, 5) is 25.9. The molecule has 0 spiro atoms. The number of aromatic carboxylic acids is 1. The highest BCUT2D eigenvalue weighted by molar-refractivity contribution is 7.14. The van der Waals surface area contributed by atoms with Crippen LogP contribution in [0.5, 0.6) is 5.75 Å². The SMILES string of the molecule is Cc1cc(OC(C)C(=O)N2CCCC2)c(C(=O)O)s1. The Morgan fingerprint density at radius 1 is 1.42 bits per heavy atom. The Morgan fingerprint density at radius 2 is 2.05 bits per heavy atom. The Kier molecular flexibility index (Phi) is 4.09. The van der Waals surface area contributed by atoms with Crippen LogP contribution >= 0.6 is 11.3 Å². The van der Waals surface area contributed by atoms with Crippen LogP contribution in [0.25, 0.3) is 0 Å². The minimum absolute atomic E-state index is 0.0716. The van der Waals surface area contributed by atoms with Gasteiger partial charge in [0.15, 0.2) is 11.0 Å². The normalized spacial score (nSPS) is 16.4. The summed E-state index contributed by atoms with van der Waals surface area (Å²) >= 11 is 1.16. The molecule has 1 aromatic rings. The molecule has 2 rings (SSSR count). The number of amides is 1. The summed E-state index contributed by atoms with van der Waals surface area (Å²) in [5.41, 5.74) is 0. The molecule has 104 valence electrons. The van der Waals surface area contributed by atoms with E-state index in [0.29, 0.717) is 0 Å². The van der Waals surface area contributed by atoms with E-state index >= 15 is 0 Å². The summed E-state index contributed by atoms with van der Waals surface area (Å²) in [6.07, 6.45) is 1.40. The van der Waals surface area contributed by atoms with Crippen molar-refractivity contribution in [3.8, 4) is 5.75 Å². The van der Waals surface area contributed by atoms with Crippen molar-refractivity contribution >= 4 is 23.2 Å². The van der Waals surface area contributed by atoms with Gasteiger partial charge in [-0.1, -0.05) is 0 Å². The zero-order chi connectivity index (χ0) is 14.0. The van der Waals surface area contributed by atoms with E-state index < -0.39 is 12.1 Å². The molecule has 0 aromatic carbocycles. The first kappa shape index (κ1) is 13.9. The topological polar surface area (TPSA) is 66.8 Å². The first-order valence-corrected chi connectivity index (χ1v) is 7.10. The largest absolute Gasteiger partial charge is 0.479 e. The fourth-order valence-corrected chi connectivity index (χ4v) is 2.95. The number of rotatable bonds is 4. The van der Waals surface area contributed by atoms with Crippen LogP contribution in [0.1, 0.15) is 34.3 Å². The number of thiophene rings is 1. The molecule has 1 aliphatic heterocycles. The summed E-state index contributed by atoms with van der Waals surface area (Å²) in [5, 5.41) is 9.08. The third-order valence-corrected chi connectivity index (χ3v) is 4.10. The second-order valence-corrected chi connectivity index (χ2v) is 5.90. The molecule has 1 unspecified atom stereocenters. The quantitative estimate of drug-likeness (QED) is 0.919. The average molecular weight is 283 g/mol. The van der Waals surface area contributed by atoms with Gasteiger partial charge in [-0.15, -0.1) is 11.3 Å². The number of nitrogens with zero attached hydrogens (tertiary/aromatic N) is 1. The molecule has 0 radical (unpaired) electrons. The van der Waals surface area contributed by atoms with Crippen LogP contribution in [0.2, 0.25) is 0 Å². The second kappa shape index (κ2) is 5.61. The fraction of sp³-hybridized carbons (Fsp3) is 0.538. The van der Waals surface area contributed by atoms with E-state index in [0.717, 1.165) is 42.1 Å². The van der Waals surface area contributed by atoms with Gasteiger partial charge in [0.2, 0.25) is 0 Å². The highest BCUT2D eigenvalue weighted by atomic mass is 32.1. The summed E-state index contributed by atoms with van der Waals surface area (Å²) in [6, 6.07) is 1.67. The lowest BCUT2D eigenvalue weighted by molar-refractivity contribution is -0.136. The fourth-order valence-electron chi connectivity index (χ4n) is 2.16. The summed E-state index contributed by atoms with van der Waals surface area (Å²) in [5.74, 6) is -0.804. The van der Waals surface area contributed by atoms with Crippen molar-refractivity contribution < 1.29 is 19.4 Å². The van der Waals surface area contributed by atoms with Crippen molar-refractivity contribution in [3.05, 3.63) is 15.8 Å². The minimum atomic E-state index is -1.02. The number of likely N-dealkylation sites (tertiary alicyclic amines) is 1. The van der Waals surface area contributed by atoms with Crippen molar-refractivity contribution in [2.75, 3.05) is 13.1 Å². The molecule has 0 aliphatic carbocycles. The monoisotopic (exact) mass is 283 g/mol. The maximum atomic E-state index is 12.1. The lowest BCUT2D eigenvalue weighted by Gasteiger charge is -2.20. The van der Waals surface area contributed by atoms with Gasteiger partial charge in [-0.2, -0.15) is 0 Å². The molecular formula is C13H17NO4S. The van der Waals surface area contributed by atoms with Crippen molar-refractivity contribution in [2.45, 2.75) is 32.8 Å². The van der Waals surface area contributed by atoms with E-state index in [1.165, 1.54) is 0 Å². The van der Waals surface area contributed by atoms with Crippen molar-refractivity contribution in [1.29, 1.82) is 0 Å². The number of hydrogen-bond donors (Lipinski definition) is 1. The average Bonchev–Trinajstić information content (AvgIpc) is 2.97. The summed E-state index contributed by atoms with van der Waals surface area (Å²) in [6.45, 7) is 5.01. The van der Waals surface area contributed by atoms with Crippen molar-refractivity contribution in [2.24, 2.45) is 0 Å². The molecule has 5 nitrogen and oxygen atoms in total. The second-order valence-electron chi connectivity index (χ2n) is 4.65. The molecule has 0 saturated carbocycles.